The van der Waals surface area contributed by atoms with Crippen LogP contribution in [0, 0.1) is 5.41 Å². The van der Waals surface area contributed by atoms with Gasteiger partial charge in [-0.15, -0.1) is 0 Å². The number of ketones is 1. The number of benzene rings is 1. The number of anilines is 1. The topological polar surface area (TPSA) is 70.0 Å². The molecule has 0 saturated heterocycles. The van der Waals surface area contributed by atoms with Crippen LogP contribution in [-0.2, 0) is 9.59 Å². The Morgan fingerprint density at radius 1 is 1.44 bits per heavy atom. The van der Waals surface area contributed by atoms with Crippen molar-refractivity contribution in [3.8, 4) is 0 Å². The number of nitrogens with zero attached hydrogens (tertiary/aromatic N) is 2. The number of rotatable bonds is 2. The van der Waals surface area contributed by atoms with Gasteiger partial charge in [-0.1, -0.05) is 11.6 Å². The standard InChI is InChI=1S/C12H11ClN2O3/c1-12(11(17)18)7-15(14-6-10(12)16)9-4-2-8(13)3-5-9/h2-6H,7H2,1H3,(H,17,18). The van der Waals surface area contributed by atoms with Crippen molar-refractivity contribution in [2.24, 2.45) is 10.5 Å². The van der Waals surface area contributed by atoms with E-state index >= 15 is 0 Å². The van der Waals surface area contributed by atoms with Gasteiger partial charge in [0.1, 0.15) is 5.41 Å². The van der Waals surface area contributed by atoms with Crippen LogP contribution in [0.4, 0.5) is 5.69 Å². The maximum Gasteiger partial charge on any atom is 0.319 e. The molecule has 0 fully saturated rings. The molecule has 0 aliphatic carbocycles. The fourth-order valence-corrected chi connectivity index (χ4v) is 1.75. The first-order chi connectivity index (χ1) is 8.43. The molecule has 18 heavy (non-hydrogen) atoms. The molecule has 1 aliphatic heterocycles. The quantitative estimate of drug-likeness (QED) is 0.829. The molecule has 2 rings (SSSR count). The zero-order chi connectivity index (χ0) is 13.3. The summed E-state index contributed by atoms with van der Waals surface area (Å²) in [5.74, 6) is -1.65. The second-order valence-electron chi connectivity index (χ2n) is 4.28. The Hall–Kier alpha value is -1.88. The van der Waals surface area contributed by atoms with E-state index in [1.165, 1.54) is 11.9 Å². The molecule has 0 saturated carbocycles. The number of aliphatic carboxylic acids is 1. The lowest BCUT2D eigenvalue weighted by Gasteiger charge is -2.31. The molecule has 0 bridgehead atoms. The Balaban J connectivity index is 2.33. The molecule has 1 aromatic rings. The average molecular weight is 267 g/mol. The third kappa shape index (κ3) is 2.09. The van der Waals surface area contributed by atoms with Crippen molar-refractivity contribution in [3.63, 3.8) is 0 Å². The summed E-state index contributed by atoms with van der Waals surface area (Å²) in [4.78, 5) is 22.8. The summed E-state index contributed by atoms with van der Waals surface area (Å²) in [5.41, 5.74) is -0.780. The van der Waals surface area contributed by atoms with E-state index < -0.39 is 17.2 Å². The lowest BCUT2D eigenvalue weighted by molar-refractivity contribution is -0.151. The van der Waals surface area contributed by atoms with Gasteiger partial charge in [0.05, 0.1) is 18.4 Å². The Morgan fingerprint density at radius 2 is 2.06 bits per heavy atom. The van der Waals surface area contributed by atoms with Crippen LogP contribution >= 0.6 is 11.6 Å². The first-order valence-electron chi connectivity index (χ1n) is 5.28. The number of hydrazone groups is 1. The highest BCUT2D eigenvalue weighted by molar-refractivity contribution is 6.35. The van der Waals surface area contributed by atoms with E-state index in [9.17, 15) is 9.59 Å². The van der Waals surface area contributed by atoms with Gasteiger partial charge < -0.3 is 5.11 Å². The Bertz CT molecular complexity index is 527. The van der Waals surface area contributed by atoms with E-state index in [2.05, 4.69) is 5.10 Å². The first-order valence-corrected chi connectivity index (χ1v) is 5.66. The Kier molecular flexibility index (Phi) is 3.09. The molecule has 5 nitrogen and oxygen atoms in total. The van der Waals surface area contributed by atoms with Crippen molar-refractivity contribution in [1.29, 1.82) is 0 Å². The van der Waals surface area contributed by atoms with E-state index in [0.717, 1.165) is 6.21 Å². The molecule has 1 unspecified atom stereocenters. The van der Waals surface area contributed by atoms with Crippen molar-refractivity contribution in [2.75, 3.05) is 11.6 Å². The van der Waals surface area contributed by atoms with Gasteiger partial charge in [0.15, 0.2) is 5.78 Å². The third-order valence-electron chi connectivity index (χ3n) is 2.92. The molecule has 1 atom stereocenters. The molecule has 1 aliphatic rings. The number of carbonyl (C=O) groups excluding carboxylic acids is 1. The molecule has 1 heterocycles. The van der Waals surface area contributed by atoms with Gasteiger partial charge in [0.25, 0.3) is 0 Å². The molecule has 1 aromatic carbocycles. The number of hydrogen-bond donors (Lipinski definition) is 1. The maximum absolute atomic E-state index is 11.6. The van der Waals surface area contributed by atoms with E-state index in [4.69, 9.17) is 16.7 Å². The maximum atomic E-state index is 11.6. The van der Waals surface area contributed by atoms with E-state index in [-0.39, 0.29) is 6.54 Å². The van der Waals surface area contributed by atoms with Crippen molar-refractivity contribution in [3.05, 3.63) is 29.3 Å². The second kappa shape index (κ2) is 4.42. The van der Waals surface area contributed by atoms with Crippen LogP contribution in [0.5, 0.6) is 0 Å². The van der Waals surface area contributed by atoms with Crippen LogP contribution in [0.1, 0.15) is 6.92 Å². The Labute approximate surface area is 109 Å². The molecule has 94 valence electrons. The fourth-order valence-electron chi connectivity index (χ4n) is 1.63. The number of carbonyl (C=O) groups is 2. The SMILES string of the molecule is CC1(C(=O)O)CN(c2ccc(Cl)cc2)N=CC1=O. The monoisotopic (exact) mass is 266 g/mol. The first kappa shape index (κ1) is 12.6. The van der Waals surface area contributed by atoms with Crippen LogP contribution < -0.4 is 5.01 Å². The molecule has 0 aromatic heterocycles. The van der Waals surface area contributed by atoms with Gasteiger partial charge in [0, 0.05) is 5.02 Å². The lowest BCUT2D eigenvalue weighted by Crippen LogP contribution is -2.49. The van der Waals surface area contributed by atoms with Crippen LogP contribution in [0.2, 0.25) is 5.02 Å². The van der Waals surface area contributed by atoms with Gasteiger partial charge in [-0.05, 0) is 31.2 Å². The number of carboxylic acids is 1. The number of carboxylic acid groups (broad SMARTS) is 1. The molecule has 0 amide bonds. The largest absolute Gasteiger partial charge is 0.480 e. The van der Waals surface area contributed by atoms with Crippen LogP contribution in [0.3, 0.4) is 0 Å². The molecule has 0 radical (unpaired) electrons. The summed E-state index contributed by atoms with van der Waals surface area (Å²) in [5, 5.41) is 15.1. The minimum Gasteiger partial charge on any atom is -0.480 e. The second-order valence-corrected chi connectivity index (χ2v) is 4.72. The zero-order valence-electron chi connectivity index (χ0n) is 9.63. The number of hydrogen-bond acceptors (Lipinski definition) is 4. The predicted octanol–water partition coefficient (Wildman–Crippen LogP) is 1.81. The number of halogens is 1. The average Bonchev–Trinajstić information content (AvgIpc) is 2.33. The van der Waals surface area contributed by atoms with Crippen LogP contribution in [0.25, 0.3) is 0 Å². The minimum atomic E-state index is -1.47. The third-order valence-corrected chi connectivity index (χ3v) is 3.17. The minimum absolute atomic E-state index is 0.000695. The summed E-state index contributed by atoms with van der Waals surface area (Å²) >= 11 is 5.78. The van der Waals surface area contributed by atoms with Gasteiger partial charge in [-0.3, -0.25) is 14.6 Å². The van der Waals surface area contributed by atoms with Crippen molar-refractivity contribution in [2.45, 2.75) is 6.92 Å². The molecular weight excluding hydrogens is 256 g/mol. The van der Waals surface area contributed by atoms with Crippen LogP contribution in [-0.4, -0.2) is 29.6 Å². The van der Waals surface area contributed by atoms with Crippen LogP contribution in [0.15, 0.2) is 29.4 Å². The van der Waals surface area contributed by atoms with Gasteiger partial charge >= 0.3 is 5.97 Å². The summed E-state index contributed by atoms with van der Waals surface area (Å²) < 4.78 is 0. The number of Topliss-reactive ketones (excluding diaryl/α,β-unsaturated/α-hetero) is 1. The fraction of sp³-hybridized carbons (Fsp3) is 0.250. The molecule has 0 spiro atoms. The Morgan fingerprint density at radius 3 is 2.61 bits per heavy atom. The summed E-state index contributed by atoms with van der Waals surface area (Å²) in [7, 11) is 0. The molecule has 1 N–H and O–H groups in total. The lowest BCUT2D eigenvalue weighted by atomic mass is 9.85. The van der Waals surface area contributed by atoms with Gasteiger partial charge in [0.2, 0.25) is 0 Å². The van der Waals surface area contributed by atoms with Crippen molar-refractivity contribution >= 4 is 35.3 Å². The summed E-state index contributed by atoms with van der Waals surface area (Å²) in [6.45, 7) is 1.39. The molecule has 6 heteroatoms. The highest BCUT2D eigenvalue weighted by Crippen LogP contribution is 2.27. The highest BCUT2D eigenvalue weighted by Gasteiger charge is 2.44. The summed E-state index contributed by atoms with van der Waals surface area (Å²) in [6.07, 6.45) is 1.05. The zero-order valence-corrected chi connectivity index (χ0v) is 10.4. The molecular formula is C12H11ClN2O3. The smallest absolute Gasteiger partial charge is 0.319 e. The predicted molar refractivity (Wildman–Crippen MR) is 68.0 cm³/mol. The van der Waals surface area contributed by atoms with Gasteiger partial charge in [-0.2, -0.15) is 5.10 Å². The van der Waals surface area contributed by atoms with E-state index in [0.29, 0.717) is 10.7 Å². The highest BCUT2D eigenvalue weighted by atomic mass is 35.5. The van der Waals surface area contributed by atoms with Crippen molar-refractivity contribution < 1.29 is 14.7 Å². The van der Waals surface area contributed by atoms with E-state index in [1.54, 1.807) is 24.3 Å². The summed E-state index contributed by atoms with van der Waals surface area (Å²) in [6, 6.07) is 6.80. The normalized spacial score (nSPS) is 23.2. The van der Waals surface area contributed by atoms with E-state index in [1.807, 2.05) is 0 Å². The van der Waals surface area contributed by atoms with Gasteiger partial charge in [-0.25, -0.2) is 0 Å². The van der Waals surface area contributed by atoms with Crippen molar-refractivity contribution in [1.82, 2.24) is 0 Å².